The topological polar surface area (TPSA) is 58.2 Å². The summed E-state index contributed by atoms with van der Waals surface area (Å²) in [5.74, 6) is -0.124. The maximum Gasteiger partial charge on any atom is 0.221 e. The number of hydrogen-bond acceptors (Lipinski definition) is 2. The number of aryl methyl sites for hydroxylation is 4. The molecule has 27 heavy (non-hydrogen) atoms. The molecule has 2 aromatic rings. The highest BCUT2D eigenvalue weighted by atomic mass is 16.2. The van der Waals surface area contributed by atoms with E-state index in [1.807, 2.05) is 27.7 Å². The number of carbonyl (C=O) groups excluding carboxylic acids is 2. The summed E-state index contributed by atoms with van der Waals surface area (Å²) in [4.78, 5) is 22.9. The third-order valence-electron chi connectivity index (χ3n) is 5.11. The predicted molar refractivity (Wildman–Crippen MR) is 113 cm³/mol. The molecule has 144 valence electrons. The lowest BCUT2D eigenvalue weighted by atomic mass is 9.76. The van der Waals surface area contributed by atoms with Crippen LogP contribution >= 0.6 is 0 Å². The Kier molecular flexibility index (Phi) is 5.79. The molecule has 0 unspecified atom stereocenters. The first-order valence-electron chi connectivity index (χ1n) is 9.22. The quantitative estimate of drug-likeness (QED) is 0.785. The normalized spacial score (nSPS) is 11.3. The third-order valence-corrected chi connectivity index (χ3v) is 5.11. The summed E-state index contributed by atoms with van der Waals surface area (Å²) in [6.45, 7) is 15.5. The molecule has 2 N–H and O–H groups in total. The minimum atomic E-state index is -0.214. The third kappa shape index (κ3) is 4.38. The molecule has 0 heterocycles. The molecule has 0 saturated heterocycles. The van der Waals surface area contributed by atoms with Crippen LogP contribution < -0.4 is 10.6 Å². The summed E-state index contributed by atoms with van der Waals surface area (Å²) < 4.78 is 0. The first kappa shape index (κ1) is 20.7. The summed E-state index contributed by atoms with van der Waals surface area (Å²) in [7, 11) is 0. The predicted octanol–water partition coefficient (Wildman–Crippen LogP) is 5.16. The molecular formula is C23H30N2O2. The summed E-state index contributed by atoms with van der Waals surface area (Å²) in [6, 6.07) is 8.57. The van der Waals surface area contributed by atoms with Crippen molar-refractivity contribution in [1.29, 1.82) is 0 Å². The van der Waals surface area contributed by atoms with Gasteiger partial charge in [0, 0.05) is 30.6 Å². The maximum absolute atomic E-state index is 11.5. The molecule has 0 aliphatic heterocycles. The molecule has 2 aromatic carbocycles. The molecule has 0 fully saturated rings. The Bertz CT molecular complexity index is 791. The van der Waals surface area contributed by atoms with Crippen molar-refractivity contribution < 1.29 is 9.59 Å². The van der Waals surface area contributed by atoms with E-state index in [4.69, 9.17) is 0 Å². The Morgan fingerprint density at radius 1 is 0.667 bits per heavy atom. The Morgan fingerprint density at radius 2 is 0.926 bits per heavy atom. The number of benzene rings is 2. The van der Waals surface area contributed by atoms with Crippen molar-refractivity contribution in [2.75, 3.05) is 10.6 Å². The zero-order valence-corrected chi connectivity index (χ0v) is 17.6. The minimum Gasteiger partial charge on any atom is -0.326 e. The van der Waals surface area contributed by atoms with Crippen molar-refractivity contribution in [3.63, 3.8) is 0 Å². The number of anilines is 2. The molecule has 2 rings (SSSR count). The van der Waals surface area contributed by atoms with Crippen molar-refractivity contribution in [1.82, 2.24) is 0 Å². The van der Waals surface area contributed by atoms with Crippen molar-refractivity contribution >= 4 is 23.2 Å². The van der Waals surface area contributed by atoms with E-state index in [-0.39, 0.29) is 17.2 Å². The van der Waals surface area contributed by atoms with Crippen LogP contribution in [0.5, 0.6) is 0 Å². The van der Waals surface area contributed by atoms with Gasteiger partial charge in [-0.3, -0.25) is 9.59 Å². The van der Waals surface area contributed by atoms with Crippen molar-refractivity contribution in [3.8, 4) is 0 Å². The molecule has 0 aliphatic rings. The van der Waals surface area contributed by atoms with Gasteiger partial charge in [0.05, 0.1) is 0 Å². The van der Waals surface area contributed by atoms with E-state index in [0.29, 0.717) is 0 Å². The lowest BCUT2D eigenvalue weighted by molar-refractivity contribution is -0.115. The Labute approximate surface area is 162 Å². The zero-order chi connectivity index (χ0) is 20.5. The summed E-state index contributed by atoms with van der Waals surface area (Å²) in [5.41, 5.74) is 8.15. The molecule has 0 bridgehead atoms. The molecule has 0 radical (unpaired) electrons. The number of rotatable bonds is 4. The van der Waals surface area contributed by atoms with Crippen LogP contribution in [0.15, 0.2) is 24.3 Å². The minimum absolute atomic E-state index is 0.0620. The second-order valence-electron chi connectivity index (χ2n) is 7.96. The fourth-order valence-electron chi connectivity index (χ4n) is 3.56. The number of carbonyl (C=O) groups is 2. The second kappa shape index (κ2) is 7.55. The molecular weight excluding hydrogens is 336 g/mol. The van der Waals surface area contributed by atoms with E-state index in [2.05, 4.69) is 48.7 Å². The van der Waals surface area contributed by atoms with Crippen LogP contribution in [0.4, 0.5) is 11.4 Å². The van der Waals surface area contributed by atoms with E-state index in [9.17, 15) is 9.59 Å². The van der Waals surface area contributed by atoms with Gasteiger partial charge in [0.2, 0.25) is 11.8 Å². The van der Waals surface area contributed by atoms with Gasteiger partial charge in [-0.15, -0.1) is 0 Å². The van der Waals surface area contributed by atoms with Crippen LogP contribution in [0.2, 0.25) is 0 Å². The Hall–Kier alpha value is -2.62. The monoisotopic (exact) mass is 366 g/mol. The number of amides is 2. The van der Waals surface area contributed by atoms with Crippen molar-refractivity contribution in [2.45, 2.75) is 60.8 Å². The van der Waals surface area contributed by atoms with E-state index >= 15 is 0 Å². The fraction of sp³-hybridized carbons (Fsp3) is 0.391. The lowest BCUT2D eigenvalue weighted by Crippen LogP contribution is -2.21. The fourth-order valence-corrected chi connectivity index (χ4v) is 3.56. The van der Waals surface area contributed by atoms with E-state index in [1.165, 1.54) is 25.0 Å². The van der Waals surface area contributed by atoms with Crippen LogP contribution in [0.1, 0.15) is 61.1 Å². The highest BCUT2D eigenvalue weighted by Crippen LogP contribution is 2.37. The molecule has 0 spiro atoms. The molecule has 0 aliphatic carbocycles. The Morgan fingerprint density at radius 3 is 1.15 bits per heavy atom. The zero-order valence-electron chi connectivity index (χ0n) is 17.6. The highest BCUT2D eigenvalue weighted by molar-refractivity contribution is 5.91. The second-order valence-corrected chi connectivity index (χ2v) is 7.96. The van der Waals surface area contributed by atoms with Gasteiger partial charge < -0.3 is 10.6 Å². The molecule has 0 atom stereocenters. The van der Waals surface area contributed by atoms with Crippen molar-refractivity contribution in [2.24, 2.45) is 0 Å². The summed E-state index contributed by atoms with van der Waals surface area (Å²) >= 11 is 0. The van der Waals surface area contributed by atoms with E-state index < -0.39 is 0 Å². The van der Waals surface area contributed by atoms with Crippen LogP contribution in [0, 0.1) is 27.7 Å². The van der Waals surface area contributed by atoms with Gasteiger partial charge in [-0.1, -0.05) is 38.1 Å². The van der Waals surface area contributed by atoms with Crippen LogP contribution in [-0.2, 0) is 15.0 Å². The standard InChI is InChI=1S/C23H30N2O2/c1-13-9-19(10-14(2)21(13)24-17(5)26)23(7,8)20-11-15(3)22(16(4)12-20)25-18(6)27/h9-12H,1-8H3,(H,24,26)(H,25,27). The van der Waals surface area contributed by atoms with Gasteiger partial charge in [0.15, 0.2) is 0 Å². The highest BCUT2D eigenvalue weighted by Gasteiger charge is 2.26. The molecule has 4 heteroatoms. The van der Waals surface area contributed by atoms with Gasteiger partial charge >= 0.3 is 0 Å². The average molecular weight is 367 g/mol. The number of nitrogens with one attached hydrogen (secondary N) is 2. The van der Waals surface area contributed by atoms with Crippen molar-refractivity contribution in [3.05, 3.63) is 57.6 Å². The van der Waals surface area contributed by atoms with Crippen LogP contribution in [0.25, 0.3) is 0 Å². The van der Waals surface area contributed by atoms with Crippen LogP contribution in [-0.4, -0.2) is 11.8 Å². The smallest absolute Gasteiger partial charge is 0.221 e. The number of hydrogen-bond donors (Lipinski definition) is 2. The van der Waals surface area contributed by atoms with Gasteiger partial charge in [0.25, 0.3) is 0 Å². The summed E-state index contributed by atoms with van der Waals surface area (Å²) in [5, 5.41) is 5.85. The van der Waals surface area contributed by atoms with Gasteiger partial charge in [-0.2, -0.15) is 0 Å². The van der Waals surface area contributed by atoms with Gasteiger partial charge in [0.1, 0.15) is 0 Å². The largest absolute Gasteiger partial charge is 0.326 e. The molecule has 0 aromatic heterocycles. The van der Waals surface area contributed by atoms with E-state index in [0.717, 1.165) is 33.6 Å². The van der Waals surface area contributed by atoms with E-state index in [1.54, 1.807) is 0 Å². The molecule has 2 amide bonds. The molecule has 0 saturated carbocycles. The first-order chi connectivity index (χ1) is 12.4. The lowest BCUT2D eigenvalue weighted by Gasteiger charge is -2.29. The SMILES string of the molecule is CC(=O)Nc1c(C)cc(C(C)(C)c2cc(C)c(NC(C)=O)c(C)c2)cc1C. The molecule has 4 nitrogen and oxygen atoms in total. The summed E-state index contributed by atoms with van der Waals surface area (Å²) in [6.07, 6.45) is 0. The van der Waals surface area contributed by atoms with Crippen LogP contribution in [0.3, 0.4) is 0 Å². The average Bonchev–Trinajstić information content (AvgIpc) is 2.53. The Balaban J connectivity index is 2.53. The maximum atomic E-state index is 11.5. The first-order valence-corrected chi connectivity index (χ1v) is 9.22. The van der Waals surface area contributed by atoms with Gasteiger partial charge in [-0.05, 0) is 61.1 Å². The van der Waals surface area contributed by atoms with Gasteiger partial charge in [-0.25, -0.2) is 0 Å².